The number of ether oxygens (including phenoxy) is 1. The summed E-state index contributed by atoms with van der Waals surface area (Å²) in [5.74, 6) is 1.01. The molecule has 0 radical (unpaired) electrons. The summed E-state index contributed by atoms with van der Waals surface area (Å²) >= 11 is 0. The first-order valence-corrected chi connectivity index (χ1v) is 10.7. The van der Waals surface area contributed by atoms with E-state index in [0.29, 0.717) is 0 Å². The summed E-state index contributed by atoms with van der Waals surface area (Å²) < 4.78 is 5.68. The van der Waals surface area contributed by atoms with Crippen LogP contribution in [0.4, 0.5) is 5.69 Å². The molecule has 2 saturated heterocycles. The number of guanidine groups is 1. The Balaban J connectivity index is 1.39. The van der Waals surface area contributed by atoms with E-state index in [1.807, 2.05) is 7.05 Å². The van der Waals surface area contributed by atoms with Gasteiger partial charge in [0.2, 0.25) is 0 Å². The molecule has 2 aliphatic rings. The van der Waals surface area contributed by atoms with Gasteiger partial charge >= 0.3 is 0 Å². The SMILES string of the molecule is CN=C(NCC1(c2ccccc2)CCOCC1)N1CCN(c2ccccc2)CC1. The topological polar surface area (TPSA) is 40.1 Å². The second-order valence-electron chi connectivity index (χ2n) is 7.97. The van der Waals surface area contributed by atoms with Crippen LogP contribution in [0.25, 0.3) is 0 Å². The second-order valence-corrected chi connectivity index (χ2v) is 7.97. The van der Waals surface area contributed by atoms with Crippen molar-refractivity contribution < 1.29 is 4.74 Å². The third-order valence-electron chi connectivity index (χ3n) is 6.33. The van der Waals surface area contributed by atoms with Crippen LogP contribution in [0.2, 0.25) is 0 Å². The number of nitrogens with zero attached hydrogens (tertiary/aromatic N) is 3. The van der Waals surface area contributed by atoms with Crippen molar-refractivity contribution in [2.45, 2.75) is 18.3 Å². The number of anilines is 1. The molecule has 5 heteroatoms. The first-order valence-electron chi connectivity index (χ1n) is 10.7. The number of benzene rings is 2. The van der Waals surface area contributed by atoms with Gasteiger partial charge in [-0.1, -0.05) is 48.5 Å². The van der Waals surface area contributed by atoms with Crippen molar-refractivity contribution in [3.8, 4) is 0 Å². The molecule has 4 rings (SSSR count). The van der Waals surface area contributed by atoms with Gasteiger partial charge in [-0.25, -0.2) is 0 Å². The Kier molecular flexibility index (Phi) is 6.35. The summed E-state index contributed by atoms with van der Waals surface area (Å²) in [6, 6.07) is 21.6. The highest BCUT2D eigenvalue weighted by Crippen LogP contribution is 2.34. The molecule has 0 aromatic heterocycles. The molecule has 5 nitrogen and oxygen atoms in total. The fraction of sp³-hybridized carbons (Fsp3) is 0.458. The highest BCUT2D eigenvalue weighted by atomic mass is 16.5. The van der Waals surface area contributed by atoms with E-state index in [1.165, 1.54) is 11.3 Å². The van der Waals surface area contributed by atoms with Crippen LogP contribution in [0.3, 0.4) is 0 Å². The zero-order chi connectivity index (χ0) is 19.9. The number of rotatable bonds is 4. The summed E-state index contributed by atoms with van der Waals surface area (Å²) in [5.41, 5.74) is 2.82. The van der Waals surface area contributed by atoms with E-state index in [-0.39, 0.29) is 5.41 Å². The van der Waals surface area contributed by atoms with Crippen LogP contribution in [0.15, 0.2) is 65.7 Å². The van der Waals surface area contributed by atoms with Crippen LogP contribution in [0.1, 0.15) is 18.4 Å². The zero-order valence-corrected chi connectivity index (χ0v) is 17.4. The van der Waals surface area contributed by atoms with Gasteiger partial charge in [-0.2, -0.15) is 0 Å². The minimum atomic E-state index is 0.112. The molecule has 2 aromatic rings. The Morgan fingerprint density at radius 3 is 2.17 bits per heavy atom. The van der Waals surface area contributed by atoms with Gasteiger partial charge in [-0.15, -0.1) is 0 Å². The third-order valence-corrected chi connectivity index (χ3v) is 6.33. The average Bonchev–Trinajstić information content (AvgIpc) is 2.82. The summed E-state index contributed by atoms with van der Waals surface area (Å²) in [4.78, 5) is 9.44. The molecular weight excluding hydrogens is 360 g/mol. The van der Waals surface area contributed by atoms with Crippen LogP contribution in [0.5, 0.6) is 0 Å². The molecular formula is C24H32N4O. The van der Waals surface area contributed by atoms with E-state index in [9.17, 15) is 0 Å². The predicted molar refractivity (Wildman–Crippen MR) is 120 cm³/mol. The summed E-state index contributed by atoms with van der Waals surface area (Å²) in [6.07, 6.45) is 2.09. The molecule has 2 aromatic carbocycles. The quantitative estimate of drug-likeness (QED) is 0.641. The Morgan fingerprint density at radius 2 is 1.55 bits per heavy atom. The predicted octanol–water partition coefficient (Wildman–Crippen LogP) is 3.13. The molecule has 0 spiro atoms. The van der Waals surface area contributed by atoms with E-state index in [1.54, 1.807) is 0 Å². The minimum Gasteiger partial charge on any atom is -0.381 e. The van der Waals surface area contributed by atoms with E-state index in [0.717, 1.165) is 64.7 Å². The molecule has 2 aliphatic heterocycles. The van der Waals surface area contributed by atoms with Crippen molar-refractivity contribution in [3.05, 3.63) is 66.2 Å². The average molecular weight is 393 g/mol. The van der Waals surface area contributed by atoms with Crippen LogP contribution in [-0.2, 0) is 10.2 Å². The molecule has 2 heterocycles. The molecule has 2 fully saturated rings. The van der Waals surface area contributed by atoms with Gasteiger partial charge < -0.3 is 19.9 Å². The monoisotopic (exact) mass is 392 g/mol. The van der Waals surface area contributed by atoms with Crippen molar-refractivity contribution in [1.29, 1.82) is 0 Å². The lowest BCUT2D eigenvalue weighted by Gasteiger charge is -2.41. The maximum atomic E-state index is 5.68. The Hall–Kier alpha value is -2.53. The van der Waals surface area contributed by atoms with Crippen LogP contribution < -0.4 is 10.2 Å². The van der Waals surface area contributed by atoms with Crippen molar-refractivity contribution in [1.82, 2.24) is 10.2 Å². The summed E-state index contributed by atoms with van der Waals surface area (Å²) in [6.45, 7) is 6.54. The number of nitrogens with one attached hydrogen (secondary N) is 1. The summed E-state index contributed by atoms with van der Waals surface area (Å²) in [7, 11) is 1.89. The normalized spacial score (nSPS) is 19.8. The number of hydrogen-bond donors (Lipinski definition) is 1. The molecule has 0 amide bonds. The van der Waals surface area contributed by atoms with Gasteiger partial charge in [0.15, 0.2) is 5.96 Å². The first kappa shape index (κ1) is 19.8. The molecule has 0 saturated carbocycles. The number of aliphatic imine (C=N–C) groups is 1. The zero-order valence-electron chi connectivity index (χ0n) is 17.4. The lowest BCUT2D eigenvalue weighted by atomic mass is 9.74. The lowest BCUT2D eigenvalue weighted by Crippen LogP contribution is -2.55. The van der Waals surface area contributed by atoms with Gasteiger partial charge in [0.1, 0.15) is 0 Å². The fourth-order valence-corrected chi connectivity index (χ4v) is 4.52. The smallest absolute Gasteiger partial charge is 0.193 e. The van der Waals surface area contributed by atoms with E-state index in [4.69, 9.17) is 4.74 Å². The summed E-state index contributed by atoms with van der Waals surface area (Å²) in [5, 5.41) is 3.70. The Bertz CT molecular complexity index is 779. The van der Waals surface area contributed by atoms with E-state index >= 15 is 0 Å². The van der Waals surface area contributed by atoms with Crippen LogP contribution in [0, 0.1) is 0 Å². The molecule has 1 N–H and O–H groups in total. The Morgan fingerprint density at radius 1 is 0.931 bits per heavy atom. The molecule has 0 bridgehead atoms. The lowest BCUT2D eigenvalue weighted by molar-refractivity contribution is 0.0511. The highest BCUT2D eigenvalue weighted by Gasteiger charge is 2.35. The number of para-hydroxylation sites is 1. The molecule has 154 valence electrons. The van der Waals surface area contributed by atoms with Crippen molar-refractivity contribution in [3.63, 3.8) is 0 Å². The maximum Gasteiger partial charge on any atom is 0.193 e. The molecule has 0 unspecified atom stereocenters. The maximum absolute atomic E-state index is 5.68. The van der Waals surface area contributed by atoms with Crippen LogP contribution >= 0.6 is 0 Å². The van der Waals surface area contributed by atoms with Gasteiger partial charge in [0.05, 0.1) is 0 Å². The van der Waals surface area contributed by atoms with Crippen molar-refractivity contribution in [2.24, 2.45) is 4.99 Å². The second kappa shape index (κ2) is 9.31. The number of piperazine rings is 1. The molecule has 0 aliphatic carbocycles. The third kappa shape index (κ3) is 4.56. The Labute approximate surface area is 174 Å². The molecule has 0 atom stereocenters. The van der Waals surface area contributed by atoms with Crippen molar-refractivity contribution in [2.75, 3.05) is 57.9 Å². The van der Waals surface area contributed by atoms with E-state index < -0.39 is 0 Å². The van der Waals surface area contributed by atoms with Crippen LogP contribution in [-0.4, -0.2) is 63.8 Å². The van der Waals surface area contributed by atoms with E-state index in [2.05, 4.69) is 80.8 Å². The minimum absolute atomic E-state index is 0.112. The van der Waals surface area contributed by atoms with Gasteiger partial charge in [0, 0.05) is 64.1 Å². The highest BCUT2D eigenvalue weighted by molar-refractivity contribution is 5.80. The van der Waals surface area contributed by atoms with Gasteiger partial charge in [-0.3, -0.25) is 4.99 Å². The van der Waals surface area contributed by atoms with Gasteiger partial charge in [-0.05, 0) is 30.5 Å². The van der Waals surface area contributed by atoms with Gasteiger partial charge in [0.25, 0.3) is 0 Å². The first-order chi connectivity index (χ1) is 14.3. The molecule has 29 heavy (non-hydrogen) atoms. The number of hydrogen-bond acceptors (Lipinski definition) is 3. The van der Waals surface area contributed by atoms with Crippen molar-refractivity contribution >= 4 is 11.6 Å². The largest absolute Gasteiger partial charge is 0.381 e. The fourth-order valence-electron chi connectivity index (χ4n) is 4.52. The standard InChI is InChI=1S/C24H32N4O/c1-25-23(28-16-14-27(15-17-28)22-10-6-3-7-11-22)26-20-24(12-18-29-19-13-24)21-8-4-2-5-9-21/h2-11H,12-20H2,1H3,(H,25,26).